The quantitative estimate of drug-likeness (QED) is 0.534. The molecule has 0 amide bonds. The lowest BCUT2D eigenvalue weighted by Gasteiger charge is -2.19. The number of nitrogens with one attached hydrogen (secondary N) is 1. The number of aryl methyl sites for hydroxylation is 1. The van der Waals surface area contributed by atoms with Gasteiger partial charge in [0.1, 0.15) is 0 Å². The van der Waals surface area contributed by atoms with Gasteiger partial charge in [0.05, 0.1) is 23.0 Å². The lowest BCUT2D eigenvalue weighted by Crippen LogP contribution is -2.24. The summed E-state index contributed by atoms with van der Waals surface area (Å²) in [4.78, 5) is 0. The Bertz CT molecular complexity index is 357. The summed E-state index contributed by atoms with van der Waals surface area (Å²) in [7, 11) is 1.98. The summed E-state index contributed by atoms with van der Waals surface area (Å²) < 4.78 is 1.91. The van der Waals surface area contributed by atoms with Crippen LogP contribution in [0.15, 0.2) is 6.20 Å². The predicted molar refractivity (Wildman–Crippen MR) is 91.9 cm³/mol. The molecular weight excluding hydrogens is 282 g/mol. The Morgan fingerprint density at radius 1 is 1.10 bits per heavy atom. The standard InChI is InChI=1S/C17H32ClN3/c1-4-6-7-8-9-10-11-12-16(19-13-5-2)17-15(18)14-20-21(17)3/h14,16,19H,4-13H2,1-3H3. The van der Waals surface area contributed by atoms with E-state index in [9.17, 15) is 0 Å². The van der Waals surface area contributed by atoms with Gasteiger partial charge in [-0.2, -0.15) is 5.10 Å². The molecule has 4 heteroatoms. The van der Waals surface area contributed by atoms with E-state index < -0.39 is 0 Å². The summed E-state index contributed by atoms with van der Waals surface area (Å²) in [6.45, 7) is 5.49. The maximum Gasteiger partial charge on any atom is 0.0833 e. The van der Waals surface area contributed by atoms with Crippen molar-refractivity contribution in [3.63, 3.8) is 0 Å². The van der Waals surface area contributed by atoms with E-state index in [1.54, 1.807) is 6.20 Å². The third-order valence-corrected chi connectivity index (χ3v) is 4.30. The molecule has 0 bridgehead atoms. The van der Waals surface area contributed by atoms with Gasteiger partial charge in [-0.3, -0.25) is 4.68 Å². The molecule has 1 rings (SSSR count). The minimum atomic E-state index is 0.334. The summed E-state index contributed by atoms with van der Waals surface area (Å²) in [5.41, 5.74) is 1.14. The molecule has 1 heterocycles. The molecule has 1 aromatic heterocycles. The van der Waals surface area contributed by atoms with Gasteiger partial charge in [-0.25, -0.2) is 0 Å². The van der Waals surface area contributed by atoms with E-state index in [0.717, 1.165) is 30.1 Å². The Kier molecular flexibility index (Phi) is 9.77. The average molecular weight is 314 g/mol. The molecule has 21 heavy (non-hydrogen) atoms. The summed E-state index contributed by atoms with van der Waals surface area (Å²) in [6.07, 6.45) is 13.5. The van der Waals surface area contributed by atoms with Crippen molar-refractivity contribution in [1.82, 2.24) is 15.1 Å². The van der Waals surface area contributed by atoms with Gasteiger partial charge in [-0.15, -0.1) is 0 Å². The highest BCUT2D eigenvalue weighted by molar-refractivity contribution is 6.31. The molecule has 1 N–H and O–H groups in total. The molecule has 0 aliphatic heterocycles. The van der Waals surface area contributed by atoms with Crippen LogP contribution in [-0.4, -0.2) is 16.3 Å². The number of nitrogens with zero attached hydrogens (tertiary/aromatic N) is 2. The zero-order valence-electron chi connectivity index (χ0n) is 14.0. The van der Waals surface area contributed by atoms with Crippen molar-refractivity contribution in [2.24, 2.45) is 7.05 Å². The van der Waals surface area contributed by atoms with Gasteiger partial charge in [0.25, 0.3) is 0 Å². The number of rotatable bonds is 12. The van der Waals surface area contributed by atoms with Crippen LogP contribution in [0.3, 0.4) is 0 Å². The van der Waals surface area contributed by atoms with E-state index >= 15 is 0 Å². The molecule has 0 aromatic carbocycles. The van der Waals surface area contributed by atoms with Crippen LogP contribution in [0.4, 0.5) is 0 Å². The van der Waals surface area contributed by atoms with E-state index in [2.05, 4.69) is 24.3 Å². The number of hydrogen-bond donors (Lipinski definition) is 1. The maximum absolute atomic E-state index is 6.29. The molecule has 0 saturated carbocycles. The van der Waals surface area contributed by atoms with E-state index in [4.69, 9.17) is 11.6 Å². The summed E-state index contributed by atoms with van der Waals surface area (Å²) in [5.74, 6) is 0. The lowest BCUT2D eigenvalue weighted by atomic mass is 10.0. The van der Waals surface area contributed by atoms with Crippen molar-refractivity contribution in [3.8, 4) is 0 Å². The fourth-order valence-electron chi connectivity index (χ4n) is 2.77. The van der Waals surface area contributed by atoms with Gasteiger partial charge >= 0.3 is 0 Å². The first-order chi connectivity index (χ1) is 10.2. The Morgan fingerprint density at radius 2 is 1.76 bits per heavy atom. The summed E-state index contributed by atoms with van der Waals surface area (Å²) >= 11 is 6.29. The van der Waals surface area contributed by atoms with Gasteiger partial charge in [0.15, 0.2) is 0 Å². The van der Waals surface area contributed by atoms with Crippen LogP contribution in [0.2, 0.25) is 5.02 Å². The fourth-order valence-corrected chi connectivity index (χ4v) is 3.07. The molecule has 0 spiro atoms. The molecule has 1 atom stereocenters. The Morgan fingerprint density at radius 3 is 2.33 bits per heavy atom. The number of unbranched alkanes of at least 4 members (excludes halogenated alkanes) is 6. The van der Waals surface area contributed by atoms with Crippen LogP contribution in [0.1, 0.15) is 83.4 Å². The van der Waals surface area contributed by atoms with Gasteiger partial charge in [0, 0.05) is 7.05 Å². The van der Waals surface area contributed by atoms with E-state index in [-0.39, 0.29) is 0 Å². The smallest absolute Gasteiger partial charge is 0.0833 e. The molecule has 0 fully saturated rings. The first kappa shape index (κ1) is 18.5. The highest BCUT2D eigenvalue weighted by Crippen LogP contribution is 2.26. The second-order valence-electron chi connectivity index (χ2n) is 5.92. The zero-order chi connectivity index (χ0) is 15.5. The summed E-state index contributed by atoms with van der Waals surface area (Å²) in [5, 5.41) is 8.67. The van der Waals surface area contributed by atoms with Crippen LogP contribution in [0.25, 0.3) is 0 Å². The van der Waals surface area contributed by atoms with Gasteiger partial charge in [-0.1, -0.05) is 70.4 Å². The van der Waals surface area contributed by atoms with Crippen LogP contribution in [0.5, 0.6) is 0 Å². The van der Waals surface area contributed by atoms with E-state index in [0.29, 0.717) is 6.04 Å². The molecule has 1 unspecified atom stereocenters. The van der Waals surface area contributed by atoms with E-state index in [1.165, 1.54) is 44.9 Å². The number of aromatic nitrogens is 2. The zero-order valence-corrected chi connectivity index (χ0v) is 14.8. The van der Waals surface area contributed by atoms with Crippen molar-refractivity contribution >= 4 is 11.6 Å². The van der Waals surface area contributed by atoms with Crippen LogP contribution in [-0.2, 0) is 7.05 Å². The molecule has 0 radical (unpaired) electrons. The van der Waals surface area contributed by atoms with Crippen LogP contribution >= 0.6 is 11.6 Å². The molecular formula is C17H32ClN3. The minimum absolute atomic E-state index is 0.334. The lowest BCUT2D eigenvalue weighted by molar-refractivity contribution is 0.442. The van der Waals surface area contributed by atoms with Gasteiger partial charge in [-0.05, 0) is 19.4 Å². The second kappa shape index (κ2) is 11.1. The topological polar surface area (TPSA) is 29.9 Å². The predicted octanol–water partition coefficient (Wildman–Crippen LogP) is 5.25. The Hall–Kier alpha value is -0.540. The molecule has 3 nitrogen and oxygen atoms in total. The normalized spacial score (nSPS) is 12.8. The van der Waals surface area contributed by atoms with Crippen molar-refractivity contribution in [2.45, 2.75) is 77.7 Å². The number of halogens is 1. The second-order valence-corrected chi connectivity index (χ2v) is 6.33. The van der Waals surface area contributed by atoms with Crippen LogP contribution < -0.4 is 5.32 Å². The fraction of sp³-hybridized carbons (Fsp3) is 0.824. The summed E-state index contributed by atoms with van der Waals surface area (Å²) in [6, 6.07) is 0.334. The monoisotopic (exact) mass is 313 g/mol. The van der Waals surface area contributed by atoms with Crippen molar-refractivity contribution in [3.05, 3.63) is 16.9 Å². The third-order valence-electron chi connectivity index (χ3n) is 4.00. The Balaban J connectivity index is 2.37. The van der Waals surface area contributed by atoms with Crippen LogP contribution in [0, 0.1) is 0 Å². The minimum Gasteiger partial charge on any atom is -0.309 e. The number of hydrogen-bond acceptors (Lipinski definition) is 2. The van der Waals surface area contributed by atoms with Gasteiger partial charge < -0.3 is 5.32 Å². The third kappa shape index (κ3) is 6.84. The average Bonchev–Trinajstić information content (AvgIpc) is 2.81. The van der Waals surface area contributed by atoms with Crippen molar-refractivity contribution in [1.29, 1.82) is 0 Å². The largest absolute Gasteiger partial charge is 0.309 e. The van der Waals surface area contributed by atoms with Crippen molar-refractivity contribution in [2.75, 3.05) is 6.54 Å². The molecule has 0 aliphatic carbocycles. The molecule has 0 saturated heterocycles. The maximum atomic E-state index is 6.29. The molecule has 1 aromatic rings. The highest BCUT2D eigenvalue weighted by atomic mass is 35.5. The van der Waals surface area contributed by atoms with Crippen molar-refractivity contribution < 1.29 is 0 Å². The van der Waals surface area contributed by atoms with Gasteiger partial charge in [0.2, 0.25) is 0 Å². The van der Waals surface area contributed by atoms with E-state index in [1.807, 2.05) is 11.7 Å². The molecule has 122 valence electrons. The SMILES string of the molecule is CCCCCCCCCC(NCCC)c1c(Cl)cnn1C. The highest BCUT2D eigenvalue weighted by Gasteiger charge is 2.17. The molecule has 0 aliphatic rings. The first-order valence-corrected chi connectivity index (χ1v) is 8.99. The Labute approximate surface area is 135 Å². The first-order valence-electron chi connectivity index (χ1n) is 8.61.